The highest BCUT2D eigenvalue weighted by atomic mass is 16.6. The van der Waals surface area contributed by atoms with Crippen molar-refractivity contribution in [3.05, 3.63) is 35.9 Å². The first-order valence-corrected chi connectivity index (χ1v) is 10.3. The maximum atomic E-state index is 12.3. The number of nitrogens with one attached hydrogen (secondary N) is 1. The van der Waals surface area contributed by atoms with E-state index >= 15 is 0 Å². The molecule has 0 saturated carbocycles. The summed E-state index contributed by atoms with van der Waals surface area (Å²) in [7, 11) is 0. The molecular weight excluding hydrogens is 342 g/mol. The van der Waals surface area contributed by atoms with Crippen LogP contribution in [0.15, 0.2) is 30.3 Å². The van der Waals surface area contributed by atoms with Gasteiger partial charge in [0.15, 0.2) is 0 Å². The van der Waals surface area contributed by atoms with Gasteiger partial charge in [-0.3, -0.25) is 0 Å². The molecule has 0 aliphatic heterocycles. The molecule has 1 aromatic rings. The number of benzene rings is 1. The minimum atomic E-state index is -0.645. The average Bonchev–Trinajstić information content (AvgIpc) is 2.69. The van der Waals surface area contributed by atoms with Crippen LogP contribution in [0.5, 0.6) is 0 Å². The summed E-state index contributed by atoms with van der Waals surface area (Å²) >= 11 is 0. The minimum Gasteiger partial charge on any atom is -0.464 e. The highest BCUT2D eigenvalue weighted by molar-refractivity contribution is 5.81. The van der Waals surface area contributed by atoms with Crippen LogP contribution in [0.1, 0.15) is 77.2 Å². The summed E-state index contributed by atoms with van der Waals surface area (Å²) in [5.41, 5.74) is 0.906. The molecule has 0 fully saturated rings. The molecule has 152 valence electrons. The van der Waals surface area contributed by atoms with Crippen molar-refractivity contribution in [3.63, 3.8) is 0 Å². The van der Waals surface area contributed by atoms with Crippen molar-refractivity contribution in [2.75, 3.05) is 6.61 Å². The SMILES string of the molecule is CCCCCCCCOC(=O)C(CCCC)NC(=O)OCc1ccccc1. The highest BCUT2D eigenvalue weighted by Gasteiger charge is 2.22. The van der Waals surface area contributed by atoms with Crippen molar-refractivity contribution >= 4 is 12.1 Å². The van der Waals surface area contributed by atoms with Crippen molar-refractivity contribution < 1.29 is 19.1 Å². The van der Waals surface area contributed by atoms with Gasteiger partial charge >= 0.3 is 12.1 Å². The van der Waals surface area contributed by atoms with E-state index < -0.39 is 12.1 Å². The highest BCUT2D eigenvalue weighted by Crippen LogP contribution is 2.08. The van der Waals surface area contributed by atoms with Gasteiger partial charge in [-0.1, -0.05) is 89.1 Å². The standard InChI is InChI=1S/C22H35NO4/c1-3-5-7-8-9-13-17-26-21(24)20(16-6-4-2)23-22(25)27-18-19-14-11-10-12-15-19/h10-12,14-15,20H,3-9,13,16-18H2,1-2H3,(H,23,25). The number of amides is 1. The van der Waals surface area contributed by atoms with Gasteiger partial charge in [-0.05, 0) is 18.4 Å². The smallest absolute Gasteiger partial charge is 0.408 e. The van der Waals surface area contributed by atoms with Crippen molar-refractivity contribution in [3.8, 4) is 0 Å². The van der Waals surface area contributed by atoms with Crippen molar-refractivity contribution in [1.82, 2.24) is 5.32 Å². The number of esters is 1. The van der Waals surface area contributed by atoms with Crippen molar-refractivity contribution in [1.29, 1.82) is 0 Å². The minimum absolute atomic E-state index is 0.181. The van der Waals surface area contributed by atoms with Crippen molar-refractivity contribution in [2.24, 2.45) is 0 Å². The molecule has 1 N–H and O–H groups in total. The van der Waals surface area contributed by atoms with Crippen LogP contribution in [-0.2, 0) is 20.9 Å². The Morgan fingerprint density at radius 3 is 2.26 bits per heavy atom. The third-order valence-corrected chi connectivity index (χ3v) is 4.38. The van der Waals surface area contributed by atoms with Crippen LogP contribution in [-0.4, -0.2) is 24.7 Å². The molecule has 1 rings (SSSR count). The summed E-state index contributed by atoms with van der Waals surface area (Å²) in [6, 6.07) is 8.81. The Bertz CT molecular complexity index is 518. The summed E-state index contributed by atoms with van der Waals surface area (Å²) in [6.07, 6.45) is 8.59. The van der Waals surface area contributed by atoms with Gasteiger partial charge in [-0.2, -0.15) is 0 Å². The molecule has 0 aliphatic carbocycles. The molecule has 1 atom stereocenters. The lowest BCUT2D eigenvalue weighted by molar-refractivity contribution is -0.146. The molecule has 0 radical (unpaired) electrons. The molecule has 1 amide bonds. The maximum Gasteiger partial charge on any atom is 0.408 e. The maximum absolute atomic E-state index is 12.3. The molecule has 5 heteroatoms. The molecule has 0 aromatic heterocycles. The Hall–Kier alpha value is -2.04. The second-order valence-electron chi connectivity index (χ2n) is 6.84. The largest absolute Gasteiger partial charge is 0.464 e. The molecule has 27 heavy (non-hydrogen) atoms. The van der Waals surface area contributed by atoms with Crippen LogP contribution in [0, 0.1) is 0 Å². The second-order valence-corrected chi connectivity index (χ2v) is 6.84. The topological polar surface area (TPSA) is 64.6 Å². The number of carbonyl (C=O) groups excluding carboxylic acids is 2. The van der Waals surface area contributed by atoms with Gasteiger partial charge in [-0.15, -0.1) is 0 Å². The number of carbonyl (C=O) groups is 2. The monoisotopic (exact) mass is 377 g/mol. The lowest BCUT2D eigenvalue weighted by Crippen LogP contribution is -2.42. The number of alkyl carbamates (subject to hydrolysis) is 1. The first kappa shape index (κ1) is 23.0. The van der Waals surface area contributed by atoms with Crippen LogP contribution in [0.4, 0.5) is 4.79 Å². The molecule has 0 heterocycles. The Morgan fingerprint density at radius 1 is 0.889 bits per heavy atom. The summed E-state index contributed by atoms with van der Waals surface area (Å²) in [5, 5.41) is 2.65. The summed E-state index contributed by atoms with van der Waals surface area (Å²) < 4.78 is 10.6. The van der Waals surface area contributed by atoms with Crippen LogP contribution >= 0.6 is 0 Å². The number of hydrogen-bond donors (Lipinski definition) is 1. The zero-order valence-electron chi connectivity index (χ0n) is 16.9. The lowest BCUT2D eigenvalue weighted by atomic mass is 10.1. The summed E-state index contributed by atoms with van der Waals surface area (Å²) in [6.45, 7) is 4.83. The Kier molecular flexibility index (Phi) is 12.8. The molecule has 5 nitrogen and oxygen atoms in total. The normalized spacial score (nSPS) is 11.6. The number of hydrogen-bond acceptors (Lipinski definition) is 4. The van der Waals surface area contributed by atoms with Gasteiger partial charge in [0.2, 0.25) is 0 Å². The molecule has 1 unspecified atom stereocenters. The molecule has 1 aromatic carbocycles. The third-order valence-electron chi connectivity index (χ3n) is 4.38. The third kappa shape index (κ3) is 11.3. The van der Waals surface area contributed by atoms with Gasteiger partial charge < -0.3 is 14.8 Å². The van der Waals surface area contributed by atoms with E-state index in [9.17, 15) is 9.59 Å². The fourth-order valence-corrected chi connectivity index (χ4v) is 2.72. The van der Waals surface area contributed by atoms with Crippen LogP contribution in [0.3, 0.4) is 0 Å². The van der Waals surface area contributed by atoms with Gasteiger partial charge in [0, 0.05) is 0 Å². The molecule has 0 aliphatic rings. The van der Waals surface area contributed by atoms with Crippen molar-refractivity contribution in [2.45, 2.75) is 84.3 Å². The van der Waals surface area contributed by atoms with E-state index in [2.05, 4.69) is 12.2 Å². The predicted octanol–water partition coefficient (Wildman–Crippen LogP) is 5.38. The van der Waals surface area contributed by atoms with E-state index in [1.165, 1.54) is 25.7 Å². The molecule has 0 saturated heterocycles. The molecule has 0 bridgehead atoms. The Balaban J connectivity index is 2.32. The number of ether oxygens (including phenoxy) is 2. The van der Waals surface area contributed by atoms with E-state index in [4.69, 9.17) is 9.47 Å². The van der Waals surface area contributed by atoms with Crippen LogP contribution < -0.4 is 5.32 Å². The second kappa shape index (κ2) is 15.1. The van der Waals surface area contributed by atoms with E-state index in [1.807, 2.05) is 37.3 Å². The van der Waals surface area contributed by atoms with Gasteiger partial charge in [0.05, 0.1) is 6.61 Å². The van der Waals surface area contributed by atoms with Crippen LogP contribution in [0.25, 0.3) is 0 Å². The number of rotatable bonds is 14. The van der Waals surface area contributed by atoms with E-state index in [-0.39, 0.29) is 12.6 Å². The fraction of sp³-hybridized carbons (Fsp3) is 0.636. The average molecular weight is 378 g/mol. The van der Waals surface area contributed by atoms with Crippen LogP contribution in [0.2, 0.25) is 0 Å². The first-order chi connectivity index (χ1) is 13.2. The zero-order chi connectivity index (χ0) is 19.7. The van der Waals surface area contributed by atoms with E-state index in [0.29, 0.717) is 13.0 Å². The van der Waals surface area contributed by atoms with Gasteiger partial charge in [0.1, 0.15) is 12.6 Å². The fourth-order valence-electron chi connectivity index (χ4n) is 2.72. The first-order valence-electron chi connectivity index (χ1n) is 10.3. The zero-order valence-corrected chi connectivity index (χ0v) is 16.9. The van der Waals surface area contributed by atoms with Gasteiger partial charge in [0.25, 0.3) is 0 Å². The lowest BCUT2D eigenvalue weighted by Gasteiger charge is -2.17. The Labute approximate surface area is 163 Å². The van der Waals surface area contributed by atoms with Gasteiger partial charge in [-0.25, -0.2) is 9.59 Å². The Morgan fingerprint density at radius 2 is 1.56 bits per heavy atom. The molecule has 0 spiro atoms. The quantitative estimate of drug-likeness (QED) is 0.349. The van der Waals surface area contributed by atoms with E-state index in [0.717, 1.165) is 31.2 Å². The van der Waals surface area contributed by atoms with E-state index in [1.54, 1.807) is 0 Å². The summed E-state index contributed by atoms with van der Waals surface area (Å²) in [5.74, 6) is -0.367. The summed E-state index contributed by atoms with van der Waals surface area (Å²) in [4.78, 5) is 24.3. The molecular formula is C22H35NO4. The predicted molar refractivity (Wildman–Crippen MR) is 107 cm³/mol. The number of unbranched alkanes of at least 4 members (excludes halogenated alkanes) is 6.